The van der Waals surface area contributed by atoms with Gasteiger partial charge in [-0.3, -0.25) is 4.79 Å². The lowest BCUT2D eigenvalue weighted by atomic mass is 10.2. The third-order valence-electron chi connectivity index (χ3n) is 1.66. The predicted molar refractivity (Wildman–Crippen MR) is 67.4 cm³/mol. The maximum Gasteiger partial charge on any atom is 0.150 e. The van der Waals surface area contributed by atoms with Gasteiger partial charge in [0.15, 0.2) is 0 Å². The standard InChI is InChI=1S/C8H7BrO.C3H10N2/c9-5-7-1-3-8(6-10)4-2-7;1-5-3-2-4/h1-4,6H,5H2;5H,2-4H2,1H3. The number of benzene rings is 1. The average Bonchev–Trinajstić information content (AvgIpc) is 2.31. The Morgan fingerprint density at radius 2 is 2.00 bits per heavy atom. The number of halogens is 1. The smallest absolute Gasteiger partial charge is 0.150 e. The summed E-state index contributed by atoms with van der Waals surface area (Å²) in [5.74, 6) is 0. The van der Waals surface area contributed by atoms with Gasteiger partial charge in [0, 0.05) is 24.0 Å². The third kappa shape index (κ3) is 7.25. The monoisotopic (exact) mass is 272 g/mol. The van der Waals surface area contributed by atoms with Crippen LogP contribution in [-0.4, -0.2) is 26.4 Å². The Morgan fingerprint density at radius 3 is 2.27 bits per heavy atom. The molecule has 0 spiro atoms. The quantitative estimate of drug-likeness (QED) is 0.646. The molecule has 3 N–H and O–H groups in total. The summed E-state index contributed by atoms with van der Waals surface area (Å²) in [6.45, 7) is 1.65. The fraction of sp³-hybridized carbons (Fsp3) is 0.364. The molecule has 0 saturated carbocycles. The normalized spacial score (nSPS) is 9.00. The van der Waals surface area contributed by atoms with Crippen LogP contribution in [0.25, 0.3) is 0 Å². The van der Waals surface area contributed by atoms with Crippen molar-refractivity contribution in [2.75, 3.05) is 20.1 Å². The summed E-state index contributed by atoms with van der Waals surface area (Å²) in [5, 5.41) is 3.73. The minimum absolute atomic E-state index is 0.727. The van der Waals surface area contributed by atoms with Crippen molar-refractivity contribution in [1.29, 1.82) is 0 Å². The van der Waals surface area contributed by atoms with Crippen molar-refractivity contribution in [2.45, 2.75) is 5.33 Å². The Morgan fingerprint density at radius 1 is 1.40 bits per heavy atom. The summed E-state index contributed by atoms with van der Waals surface area (Å²) in [6.07, 6.45) is 0.845. The van der Waals surface area contributed by atoms with Crippen molar-refractivity contribution in [1.82, 2.24) is 5.32 Å². The van der Waals surface area contributed by atoms with Crippen LogP contribution in [0, 0.1) is 0 Å². The van der Waals surface area contributed by atoms with Gasteiger partial charge in [-0.15, -0.1) is 0 Å². The number of hydrogen-bond acceptors (Lipinski definition) is 3. The molecule has 0 saturated heterocycles. The molecular weight excluding hydrogens is 256 g/mol. The molecule has 0 aliphatic rings. The molecule has 0 heterocycles. The Balaban J connectivity index is 0.000000336. The van der Waals surface area contributed by atoms with Crippen molar-refractivity contribution < 1.29 is 4.79 Å². The van der Waals surface area contributed by atoms with E-state index in [0.29, 0.717) is 0 Å². The lowest BCUT2D eigenvalue weighted by Gasteiger charge is -1.92. The zero-order valence-electron chi connectivity index (χ0n) is 8.87. The minimum atomic E-state index is 0.727. The Bertz CT molecular complexity index is 260. The van der Waals surface area contributed by atoms with E-state index in [1.807, 2.05) is 31.3 Å². The highest BCUT2D eigenvalue weighted by atomic mass is 79.9. The third-order valence-corrected chi connectivity index (χ3v) is 2.31. The molecule has 1 rings (SSSR count). The molecule has 0 aliphatic heterocycles. The molecule has 0 amide bonds. The summed E-state index contributed by atoms with van der Waals surface area (Å²) in [7, 11) is 1.88. The highest BCUT2D eigenvalue weighted by Gasteiger charge is 1.89. The second kappa shape index (κ2) is 9.83. The van der Waals surface area contributed by atoms with Crippen LogP contribution in [-0.2, 0) is 5.33 Å². The number of likely N-dealkylation sites (N-methyl/N-ethyl adjacent to an activating group) is 1. The topological polar surface area (TPSA) is 55.1 Å². The number of nitrogens with one attached hydrogen (secondary N) is 1. The van der Waals surface area contributed by atoms with E-state index >= 15 is 0 Å². The zero-order chi connectivity index (χ0) is 11.5. The van der Waals surface area contributed by atoms with E-state index in [9.17, 15) is 4.79 Å². The predicted octanol–water partition coefficient (Wildman–Crippen LogP) is 1.56. The fourth-order valence-electron chi connectivity index (χ4n) is 0.830. The fourth-order valence-corrected chi connectivity index (χ4v) is 1.20. The van der Waals surface area contributed by atoms with Gasteiger partial charge in [0.1, 0.15) is 6.29 Å². The number of carbonyl (C=O) groups is 1. The largest absolute Gasteiger partial charge is 0.329 e. The first-order chi connectivity index (χ1) is 7.28. The first-order valence-electron chi connectivity index (χ1n) is 4.73. The van der Waals surface area contributed by atoms with Crippen molar-refractivity contribution >= 4 is 22.2 Å². The molecule has 0 unspecified atom stereocenters. The van der Waals surface area contributed by atoms with Crippen LogP contribution in [0.5, 0.6) is 0 Å². The number of nitrogens with two attached hydrogens (primary N) is 1. The highest BCUT2D eigenvalue weighted by Crippen LogP contribution is 2.05. The van der Waals surface area contributed by atoms with Gasteiger partial charge in [0.05, 0.1) is 0 Å². The van der Waals surface area contributed by atoms with E-state index in [0.717, 1.165) is 30.3 Å². The van der Waals surface area contributed by atoms with Crippen molar-refractivity contribution in [2.24, 2.45) is 5.73 Å². The minimum Gasteiger partial charge on any atom is -0.329 e. The number of hydrogen-bond donors (Lipinski definition) is 2. The van der Waals surface area contributed by atoms with Gasteiger partial charge >= 0.3 is 0 Å². The molecule has 4 heteroatoms. The van der Waals surface area contributed by atoms with E-state index in [4.69, 9.17) is 5.73 Å². The second-order valence-electron chi connectivity index (χ2n) is 2.89. The van der Waals surface area contributed by atoms with Gasteiger partial charge < -0.3 is 11.1 Å². The first-order valence-corrected chi connectivity index (χ1v) is 5.85. The Kier molecular flexibility index (Phi) is 9.36. The molecule has 84 valence electrons. The summed E-state index contributed by atoms with van der Waals surface area (Å²) >= 11 is 3.32. The van der Waals surface area contributed by atoms with Crippen LogP contribution < -0.4 is 11.1 Å². The van der Waals surface area contributed by atoms with E-state index < -0.39 is 0 Å². The molecule has 0 radical (unpaired) electrons. The van der Waals surface area contributed by atoms with Gasteiger partial charge in [0.25, 0.3) is 0 Å². The molecule has 0 fully saturated rings. The van der Waals surface area contributed by atoms with E-state index in [1.165, 1.54) is 5.56 Å². The molecular formula is C11H17BrN2O. The zero-order valence-corrected chi connectivity index (χ0v) is 10.5. The molecule has 0 atom stereocenters. The van der Waals surface area contributed by atoms with Gasteiger partial charge in [-0.1, -0.05) is 40.2 Å². The van der Waals surface area contributed by atoms with Gasteiger partial charge in [-0.05, 0) is 12.6 Å². The maximum atomic E-state index is 10.2. The lowest BCUT2D eigenvalue weighted by molar-refractivity contribution is 0.112. The van der Waals surface area contributed by atoms with E-state index in [2.05, 4.69) is 21.2 Å². The van der Waals surface area contributed by atoms with Crippen LogP contribution in [0.1, 0.15) is 15.9 Å². The van der Waals surface area contributed by atoms with Gasteiger partial charge in [-0.2, -0.15) is 0 Å². The van der Waals surface area contributed by atoms with E-state index in [-0.39, 0.29) is 0 Å². The van der Waals surface area contributed by atoms with Gasteiger partial charge in [0.2, 0.25) is 0 Å². The molecule has 0 bridgehead atoms. The van der Waals surface area contributed by atoms with Crippen molar-refractivity contribution in [3.63, 3.8) is 0 Å². The van der Waals surface area contributed by atoms with Crippen LogP contribution in [0.15, 0.2) is 24.3 Å². The summed E-state index contributed by atoms with van der Waals surface area (Å²) in [4.78, 5) is 10.2. The van der Waals surface area contributed by atoms with Crippen molar-refractivity contribution in [3.8, 4) is 0 Å². The molecule has 0 aromatic heterocycles. The Hall–Kier alpha value is -0.710. The molecule has 0 aliphatic carbocycles. The molecule has 1 aromatic carbocycles. The van der Waals surface area contributed by atoms with Crippen LogP contribution in [0.3, 0.4) is 0 Å². The molecule has 3 nitrogen and oxygen atoms in total. The molecule has 15 heavy (non-hydrogen) atoms. The van der Waals surface area contributed by atoms with Crippen molar-refractivity contribution in [3.05, 3.63) is 35.4 Å². The summed E-state index contributed by atoms with van der Waals surface area (Å²) in [5.41, 5.74) is 6.99. The van der Waals surface area contributed by atoms with Crippen LogP contribution in [0.4, 0.5) is 0 Å². The SMILES string of the molecule is CNCCN.O=Cc1ccc(CBr)cc1. The van der Waals surface area contributed by atoms with Gasteiger partial charge in [-0.25, -0.2) is 0 Å². The highest BCUT2D eigenvalue weighted by molar-refractivity contribution is 9.08. The summed E-state index contributed by atoms with van der Waals surface area (Å²) in [6, 6.07) is 7.48. The number of alkyl halides is 1. The Labute approximate surface area is 99.2 Å². The summed E-state index contributed by atoms with van der Waals surface area (Å²) < 4.78 is 0. The number of carbonyl (C=O) groups excluding carboxylic acids is 1. The number of aldehydes is 1. The first kappa shape index (κ1) is 14.3. The van der Waals surface area contributed by atoms with Crippen LogP contribution in [0.2, 0.25) is 0 Å². The second-order valence-corrected chi connectivity index (χ2v) is 3.45. The lowest BCUT2D eigenvalue weighted by Crippen LogP contribution is -2.17. The maximum absolute atomic E-state index is 10.2. The molecule has 1 aromatic rings. The van der Waals surface area contributed by atoms with Crippen LogP contribution >= 0.6 is 15.9 Å². The number of rotatable bonds is 4. The average molecular weight is 273 g/mol. The van der Waals surface area contributed by atoms with E-state index in [1.54, 1.807) is 0 Å².